The van der Waals surface area contributed by atoms with Crippen molar-refractivity contribution in [1.29, 1.82) is 0 Å². The molecule has 0 aliphatic carbocycles. The van der Waals surface area contributed by atoms with Gasteiger partial charge in [0.15, 0.2) is 5.69 Å². The van der Waals surface area contributed by atoms with Crippen LogP contribution in [0, 0.1) is 0 Å². The van der Waals surface area contributed by atoms with E-state index in [0.29, 0.717) is 0 Å². The molecular formula is C8H7BCl3N. The molecule has 2 rings (SSSR count). The zero-order valence-electron chi connectivity index (χ0n) is 6.75. The predicted octanol–water partition coefficient (Wildman–Crippen LogP) is 3.11. The Balaban J connectivity index is 2.48. The third-order valence-electron chi connectivity index (χ3n) is 2.09. The van der Waals surface area contributed by atoms with Crippen molar-refractivity contribution in [3.63, 3.8) is 0 Å². The van der Waals surface area contributed by atoms with E-state index in [4.69, 9.17) is 34.4 Å². The van der Waals surface area contributed by atoms with Crippen LogP contribution in [-0.4, -0.2) is 15.2 Å². The molecule has 68 valence electrons. The van der Waals surface area contributed by atoms with E-state index in [1.54, 1.807) is 4.49 Å². The van der Waals surface area contributed by atoms with Gasteiger partial charge in [-0.2, -0.15) is 0 Å². The third kappa shape index (κ3) is 1.71. The van der Waals surface area contributed by atoms with E-state index in [-0.39, 0.29) is 0 Å². The minimum Gasteiger partial charge on any atom is -0.381 e. The van der Waals surface area contributed by atoms with Gasteiger partial charge >= 0.3 is 4.53 Å². The van der Waals surface area contributed by atoms with E-state index in [1.807, 2.05) is 30.5 Å². The Labute approximate surface area is 91.6 Å². The topological polar surface area (TPSA) is 3.01 Å². The molecule has 0 bridgehead atoms. The van der Waals surface area contributed by atoms with Gasteiger partial charge in [0, 0.05) is 11.6 Å². The van der Waals surface area contributed by atoms with Crippen LogP contribution < -0.4 is 0 Å². The minimum atomic E-state index is -2.01. The lowest BCUT2D eigenvalue weighted by Gasteiger charge is -2.16. The van der Waals surface area contributed by atoms with Crippen molar-refractivity contribution in [3.8, 4) is 0 Å². The van der Waals surface area contributed by atoms with Gasteiger partial charge in [-0.1, -0.05) is 18.2 Å². The van der Waals surface area contributed by atoms with Crippen LogP contribution in [0.1, 0.15) is 5.56 Å². The lowest BCUT2D eigenvalue weighted by Crippen LogP contribution is -2.26. The second-order valence-corrected chi connectivity index (χ2v) is 5.53. The summed E-state index contributed by atoms with van der Waals surface area (Å²) < 4.78 is -0.289. The number of para-hydroxylation sites is 1. The van der Waals surface area contributed by atoms with Crippen LogP contribution in [0.4, 0.5) is 5.69 Å². The van der Waals surface area contributed by atoms with Crippen molar-refractivity contribution < 1.29 is 4.49 Å². The number of fused-ring (bicyclic) bond motifs is 1. The molecule has 0 amide bonds. The Morgan fingerprint density at radius 1 is 1.15 bits per heavy atom. The maximum absolute atomic E-state index is 5.86. The van der Waals surface area contributed by atoms with Gasteiger partial charge in [0.05, 0.1) is 12.6 Å². The Bertz CT molecular complexity index is 370. The maximum Gasteiger partial charge on any atom is 0.533 e. The molecule has 1 aliphatic heterocycles. The van der Waals surface area contributed by atoms with Crippen molar-refractivity contribution in [2.45, 2.75) is 6.42 Å². The Morgan fingerprint density at radius 3 is 2.54 bits per heavy atom. The number of nitrogens with zero attached hydrogens (tertiary/aromatic N) is 1. The molecule has 0 atom stereocenters. The lowest BCUT2D eigenvalue weighted by molar-refractivity contribution is -0.270. The zero-order chi connectivity index (χ0) is 9.47. The van der Waals surface area contributed by atoms with Crippen LogP contribution in [0.2, 0.25) is 0 Å². The fraction of sp³-hybridized carbons (Fsp3) is 0.125. The first kappa shape index (κ1) is 9.38. The molecule has 0 aromatic heterocycles. The second-order valence-electron chi connectivity index (χ2n) is 2.96. The van der Waals surface area contributed by atoms with Gasteiger partial charge in [-0.3, -0.25) is 34.4 Å². The third-order valence-corrected chi connectivity index (χ3v) is 2.72. The molecule has 1 aromatic rings. The molecule has 13 heavy (non-hydrogen) atoms. The number of hydrogen-bond acceptors (Lipinski definition) is 0. The fourth-order valence-electron chi connectivity index (χ4n) is 1.51. The number of benzene rings is 1. The monoisotopic (exact) mass is 233 g/mol. The summed E-state index contributed by atoms with van der Waals surface area (Å²) in [5.74, 6) is 0. The Morgan fingerprint density at radius 2 is 1.85 bits per heavy atom. The summed E-state index contributed by atoms with van der Waals surface area (Å²) in [6.07, 6.45) is 2.75. The Hall–Kier alpha value is -0.175. The average molecular weight is 234 g/mol. The standard InChI is InChI=1S/C8H7BCl3N/c10-9(11,12)13-6-5-7-3-1-2-4-8(7)13/h1-4,6H,5H2. The summed E-state index contributed by atoms with van der Waals surface area (Å²) in [5.41, 5.74) is 2.21. The molecule has 0 unspecified atom stereocenters. The highest BCUT2D eigenvalue weighted by Crippen LogP contribution is 2.33. The molecule has 1 aliphatic rings. The fourth-order valence-corrected chi connectivity index (χ4v) is 2.06. The predicted molar refractivity (Wildman–Crippen MR) is 59.4 cm³/mol. The van der Waals surface area contributed by atoms with Gasteiger partial charge in [0.1, 0.15) is 0 Å². The first-order valence-corrected chi connectivity index (χ1v) is 5.29. The van der Waals surface area contributed by atoms with Crippen LogP contribution in [0.15, 0.2) is 24.3 Å². The largest absolute Gasteiger partial charge is 0.533 e. The Kier molecular flexibility index (Phi) is 2.31. The molecule has 0 radical (unpaired) electrons. The van der Waals surface area contributed by atoms with Crippen LogP contribution >= 0.6 is 34.4 Å². The number of hydrogen-bond donors (Lipinski definition) is 0. The lowest BCUT2D eigenvalue weighted by atomic mass is 10.1. The highest BCUT2D eigenvalue weighted by Gasteiger charge is 2.34. The van der Waals surface area contributed by atoms with Crippen LogP contribution in [0.5, 0.6) is 0 Å². The summed E-state index contributed by atoms with van der Waals surface area (Å²) >= 11 is 17.6. The first-order chi connectivity index (χ1) is 6.09. The summed E-state index contributed by atoms with van der Waals surface area (Å²) in [6.45, 7) is 0. The van der Waals surface area contributed by atoms with Crippen molar-refractivity contribution >= 4 is 50.8 Å². The molecule has 1 nitrogen and oxygen atoms in total. The summed E-state index contributed by atoms with van der Waals surface area (Å²) in [7, 11) is 0. The van der Waals surface area contributed by atoms with Crippen molar-refractivity contribution in [2.24, 2.45) is 0 Å². The van der Waals surface area contributed by atoms with Crippen molar-refractivity contribution in [3.05, 3.63) is 29.8 Å². The summed E-state index contributed by atoms with van der Waals surface area (Å²) in [6, 6.07) is 7.93. The van der Waals surface area contributed by atoms with Gasteiger partial charge in [-0.05, 0) is 0 Å². The average Bonchev–Trinajstić information content (AvgIpc) is 2.45. The quantitative estimate of drug-likeness (QED) is 0.657. The molecule has 0 spiro atoms. The molecule has 0 saturated carbocycles. The van der Waals surface area contributed by atoms with Crippen molar-refractivity contribution in [2.75, 3.05) is 0 Å². The van der Waals surface area contributed by atoms with E-state index in [0.717, 1.165) is 12.1 Å². The molecular weight excluding hydrogens is 227 g/mol. The van der Waals surface area contributed by atoms with Gasteiger partial charge in [0.25, 0.3) is 0 Å². The summed E-state index contributed by atoms with van der Waals surface area (Å²) in [4.78, 5) is 0. The maximum atomic E-state index is 5.86. The number of rotatable bonds is 1. The van der Waals surface area contributed by atoms with Gasteiger partial charge in [0.2, 0.25) is 0 Å². The van der Waals surface area contributed by atoms with Gasteiger partial charge in [-0.25, -0.2) is 0 Å². The van der Waals surface area contributed by atoms with Crippen LogP contribution in [0.25, 0.3) is 0 Å². The van der Waals surface area contributed by atoms with E-state index in [1.165, 1.54) is 5.56 Å². The van der Waals surface area contributed by atoms with Crippen LogP contribution in [0.3, 0.4) is 0 Å². The molecule has 0 saturated heterocycles. The normalized spacial score (nSPS) is 15.5. The van der Waals surface area contributed by atoms with E-state index in [2.05, 4.69) is 0 Å². The highest BCUT2D eigenvalue weighted by molar-refractivity contribution is 7.61. The SMILES string of the molecule is Cl[B-](Cl)(Cl)[N+]1=CCc2ccccc21. The molecule has 0 N–H and O–H groups in total. The zero-order valence-corrected chi connectivity index (χ0v) is 9.02. The molecule has 5 heteroatoms. The second kappa shape index (κ2) is 3.20. The van der Waals surface area contributed by atoms with Gasteiger partial charge in [-0.15, -0.1) is 0 Å². The van der Waals surface area contributed by atoms with E-state index in [9.17, 15) is 0 Å². The van der Waals surface area contributed by atoms with Crippen molar-refractivity contribution in [1.82, 2.24) is 0 Å². The number of halogens is 3. The smallest absolute Gasteiger partial charge is 0.381 e. The first-order valence-electron chi connectivity index (χ1n) is 3.98. The molecule has 1 heterocycles. The van der Waals surface area contributed by atoms with Crippen LogP contribution in [-0.2, 0) is 6.42 Å². The minimum absolute atomic E-state index is 0.839. The highest BCUT2D eigenvalue weighted by atomic mass is 35.6. The van der Waals surface area contributed by atoms with Gasteiger partial charge < -0.3 is 4.49 Å². The molecule has 0 fully saturated rings. The molecule has 1 aromatic carbocycles. The van der Waals surface area contributed by atoms with E-state index >= 15 is 0 Å². The van der Waals surface area contributed by atoms with E-state index < -0.39 is 4.53 Å². The summed E-state index contributed by atoms with van der Waals surface area (Å²) in [5, 5.41) is 0.